The minimum Gasteiger partial charge on any atom is -0.490 e. The van der Waals surface area contributed by atoms with Gasteiger partial charge in [0, 0.05) is 31.7 Å². The van der Waals surface area contributed by atoms with E-state index in [4.69, 9.17) is 19.3 Å². The van der Waals surface area contributed by atoms with Gasteiger partial charge in [0.15, 0.2) is 11.5 Å². The third-order valence-electron chi connectivity index (χ3n) is 6.88. The quantitative estimate of drug-likeness (QED) is 0.264. The zero-order valence-electron chi connectivity index (χ0n) is 21.7. The molecule has 1 aromatic heterocycles. The van der Waals surface area contributed by atoms with E-state index >= 15 is 0 Å². The maximum Gasteiger partial charge on any atom is 0.511 e. The van der Waals surface area contributed by atoms with Gasteiger partial charge in [-0.25, -0.2) is 9.78 Å². The predicted octanol–water partition coefficient (Wildman–Crippen LogP) is 6.20. The molecule has 0 radical (unpaired) electrons. The van der Waals surface area contributed by atoms with E-state index in [-0.39, 0.29) is 11.9 Å². The topological polar surface area (TPSA) is 86.0 Å². The molecule has 194 valence electrons. The summed E-state index contributed by atoms with van der Waals surface area (Å²) in [5, 5.41) is 8.88. The first-order valence-electron chi connectivity index (χ1n) is 13.0. The summed E-state index contributed by atoms with van der Waals surface area (Å²) in [6.45, 7) is 11.7. The number of aromatic nitrogens is 2. The fraction of sp³-hybridized carbons (Fsp3) is 0.500. The molecule has 4 rings (SSSR count). The molecule has 1 fully saturated rings. The number of benzene rings is 2. The highest BCUT2D eigenvalue weighted by molar-refractivity contribution is 5.79. The second-order valence-electron chi connectivity index (χ2n) is 9.33. The van der Waals surface area contributed by atoms with E-state index < -0.39 is 6.16 Å². The van der Waals surface area contributed by atoms with Crippen LogP contribution in [0.4, 0.5) is 4.79 Å². The van der Waals surface area contributed by atoms with Gasteiger partial charge in [-0.2, -0.15) is 0 Å². The molecular weight excluding hydrogens is 458 g/mol. The van der Waals surface area contributed by atoms with E-state index in [1.54, 1.807) is 12.1 Å². The van der Waals surface area contributed by atoms with Gasteiger partial charge in [-0.1, -0.05) is 19.9 Å². The Morgan fingerprint density at radius 2 is 1.83 bits per heavy atom. The normalized spacial score (nSPS) is 14.9. The third-order valence-corrected chi connectivity index (χ3v) is 6.88. The standard InChI is InChI=1S/C28H37N3O5/c1-5-22(6-2)35-26-11-8-20(16-27(26)34-7-3)18-30-14-12-21(13-15-30)31-19(4)29-24-17-23(36-28(32)33)9-10-25(24)31/h8-11,16-17,21-22H,5-7,12-15,18H2,1-4H3,(H,32,33). The number of piperidine rings is 1. The van der Waals surface area contributed by atoms with Gasteiger partial charge in [0.25, 0.3) is 0 Å². The zero-order chi connectivity index (χ0) is 25.7. The molecule has 0 unspecified atom stereocenters. The Hall–Kier alpha value is -3.26. The summed E-state index contributed by atoms with van der Waals surface area (Å²) >= 11 is 0. The first-order valence-corrected chi connectivity index (χ1v) is 13.0. The molecule has 0 saturated carbocycles. The third kappa shape index (κ3) is 5.93. The first-order chi connectivity index (χ1) is 17.4. The molecule has 36 heavy (non-hydrogen) atoms. The molecule has 1 aliphatic rings. The van der Waals surface area contributed by atoms with Crippen LogP contribution in [0.1, 0.15) is 63.9 Å². The van der Waals surface area contributed by atoms with Crippen molar-refractivity contribution in [3.05, 3.63) is 47.8 Å². The van der Waals surface area contributed by atoms with Crippen LogP contribution in [0, 0.1) is 6.92 Å². The van der Waals surface area contributed by atoms with Gasteiger partial charge < -0.3 is 23.9 Å². The van der Waals surface area contributed by atoms with Crippen molar-refractivity contribution in [1.82, 2.24) is 14.5 Å². The Morgan fingerprint density at radius 1 is 1.08 bits per heavy atom. The summed E-state index contributed by atoms with van der Waals surface area (Å²) in [7, 11) is 0. The van der Waals surface area contributed by atoms with E-state index in [0.29, 0.717) is 12.6 Å². The molecule has 2 aromatic carbocycles. The van der Waals surface area contributed by atoms with Crippen molar-refractivity contribution in [2.75, 3.05) is 19.7 Å². The maximum absolute atomic E-state index is 10.9. The van der Waals surface area contributed by atoms with Crippen LogP contribution in [-0.2, 0) is 6.54 Å². The van der Waals surface area contributed by atoms with Gasteiger partial charge in [-0.15, -0.1) is 0 Å². The van der Waals surface area contributed by atoms with Crippen molar-refractivity contribution in [2.24, 2.45) is 0 Å². The Morgan fingerprint density at radius 3 is 2.50 bits per heavy atom. The Balaban J connectivity index is 1.41. The lowest BCUT2D eigenvalue weighted by Crippen LogP contribution is -2.34. The van der Waals surface area contributed by atoms with Crippen LogP contribution in [0.2, 0.25) is 0 Å². The highest BCUT2D eigenvalue weighted by atomic mass is 16.7. The van der Waals surface area contributed by atoms with Gasteiger partial charge in [-0.05, 0) is 69.4 Å². The molecular formula is C28H37N3O5. The summed E-state index contributed by atoms with van der Waals surface area (Å²) in [6.07, 6.45) is 2.87. The summed E-state index contributed by atoms with van der Waals surface area (Å²) in [5.74, 6) is 2.87. The van der Waals surface area contributed by atoms with Crippen LogP contribution in [0.5, 0.6) is 17.2 Å². The lowest BCUT2D eigenvalue weighted by molar-refractivity contribution is 0.144. The average Bonchev–Trinajstić information content (AvgIpc) is 3.19. The number of carbonyl (C=O) groups is 1. The van der Waals surface area contributed by atoms with Crippen LogP contribution >= 0.6 is 0 Å². The monoisotopic (exact) mass is 495 g/mol. The zero-order valence-corrected chi connectivity index (χ0v) is 21.7. The molecule has 0 atom stereocenters. The van der Waals surface area contributed by atoms with Gasteiger partial charge in [0.05, 0.1) is 23.7 Å². The van der Waals surface area contributed by atoms with Crippen molar-refractivity contribution in [3.8, 4) is 17.2 Å². The first kappa shape index (κ1) is 25.8. The highest BCUT2D eigenvalue weighted by Crippen LogP contribution is 2.33. The number of likely N-dealkylation sites (tertiary alicyclic amines) is 1. The molecule has 0 aliphatic carbocycles. The number of hydrogen-bond acceptors (Lipinski definition) is 6. The van der Waals surface area contributed by atoms with Crippen molar-refractivity contribution in [2.45, 2.75) is 72.1 Å². The maximum atomic E-state index is 10.9. The lowest BCUT2D eigenvalue weighted by atomic mass is 10.0. The SMILES string of the molecule is CCOc1cc(CN2CCC(n3c(C)nc4cc(OC(=O)O)ccc43)CC2)ccc1OC(CC)CC. The Kier molecular flexibility index (Phi) is 8.36. The van der Waals surface area contributed by atoms with E-state index in [0.717, 1.165) is 73.7 Å². The van der Waals surface area contributed by atoms with E-state index in [2.05, 4.69) is 46.5 Å². The van der Waals surface area contributed by atoms with Crippen LogP contribution in [0.3, 0.4) is 0 Å². The molecule has 1 N–H and O–H groups in total. The predicted molar refractivity (Wildman–Crippen MR) is 139 cm³/mol. The second kappa shape index (κ2) is 11.6. The fourth-order valence-corrected chi connectivity index (χ4v) is 5.07. The Bertz CT molecular complexity index is 1180. The van der Waals surface area contributed by atoms with Crippen molar-refractivity contribution in [1.29, 1.82) is 0 Å². The van der Waals surface area contributed by atoms with Crippen LogP contribution in [0.15, 0.2) is 36.4 Å². The van der Waals surface area contributed by atoms with Gasteiger partial charge in [-0.3, -0.25) is 4.90 Å². The average molecular weight is 496 g/mol. The largest absolute Gasteiger partial charge is 0.511 e. The molecule has 2 heterocycles. The summed E-state index contributed by atoms with van der Waals surface area (Å²) in [5.41, 5.74) is 3.00. The van der Waals surface area contributed by atoms with E-state index in [9.17, 15) is 4.79 Å². The van der Waals surface area contributed by atoms with Gasteiger partial charge in [0.1, 0.15) is 11.6 Å². The minimum atomic E-state index is -1.32. The molecule has 0 amide bonds. The van der Waals surface area contributed by atoms with Crippen LogP contribution in [0.25, 0.3) is 11.0 Å². The molecule has 8 nitrogen and oxygen atoms in total. The minimum absolute atomic E-state index is 0.202. The van der Waals surface area contributed by atoms with E-state index in [1.807, 2.05) is 19.9 Å². The van der Waals surface area contributed by atoms with Crippen molar-refractivity contribution < 1.29 is 24.1 Å². The molecule has 0 bridgehead atoms. The molecule has 0 spiro atoms. The second-order valence-corrected chi connectivity index (χ2v) is 9.33. The number of hydrogen-bond donors (Lipinski definition) is 1. The molecule has 3 aromatic rings. The number of fused-ring (bicyclic) bond motifs is 1. The Labute approximate surface area is 212 Å². The highest BCUT2D eigenvalue weighted by Gasteiger charge is 2.24. The number of carboxylic acid groups (broad SMARTS) is 1. The molecule has 8 heteroatoms. The van der Waals surface area contributed by atoms with E-state index in [1.165, 1.54) is 5.56 Å². The van der Waals surface area contributed by atoms with Crippen molar-refractivity contribution in [3.63, 3.8) is 0 Å². The number of ether oxygens (including phenoxy) is 3. The molecule has 1 aliphatic heterocycles. The van der Waals surface area contributed by atoms with Crippen LogP contribution in [-0.4, -0.2) is 51.5 Å². The fourth-order valence-electron chi connectivity index (χ4n) is 5.07. The number of imidazole rings is 1. The summed E-state index contributed by atoms with van der Waals surface area (Å²) in [6, 6.07) is 12.0. The van der Waals surface area contributed by atoms with Crippen LogP contribution < -0.4 is 14.2 Å². The summed E-state index contributed by atoms with van der Waals surface area (Å²) in [4.78, 5) is 18.0. The molecule has 1 saturated heterocycles. The summed E-state index contributed by atoms with van der Waals surface area (Å²) < 4.78 is 19.2. The van der Waals surface area contributed by atoms with Gasteiger partial charge in [0.2, 0.25) is 0 Å². The van der Waals surface area contributed by atoms with Gasteiger partial charge >= 0.3 is 6.16 Å². The lowest BCUT2D eigenvalue weighted by Gasteiger charge is -2.33. The smallest absolute Gasteiger partial charge is 0.490 e. The number of rotatable bonds is 10. The van der Waals surface area contributed by atoms with Crippen molar-refractivity contribution >= 4 is 17.2 Å². The number of aryl methyl sites for hydroxylation is 1. The number of nitrogens with zero attached hydrogens (tertiary/aromatic N) is 3.